The van der Waals surface area contributed by atoms with E-state index in [0.717, 1.165) is 18.9 Å². The highest BCUT2D eigenvalue weighted by atomic mass is 35.5. The second kappa shape index (κ2) is 8.57. The van der Waals surface area contributed by atoms with Crippen molar-refractivity contribution in [2.75, 3.05) is 5.32 Å². The fourth-order valence-corrected chi connectivity index (χ4v) is 3.66. The Balaban J connectivity index is 1.40. The highest BCUT2D eigenvalue weighted by Crippen LogP contribution is 2.42. The van der Waals surface area contributed by atoms with Crippen molar-refractivity contribution in [1.82, 2.24) is 19.6 Å². The van der Waals surface area contributed by atoms with Gasteiger partial charge in [-0.3, -0.25) is 14.2 Å². The quantitative estimate of drug-likeness (QED) is 0.486. The molecule has 0 saturated heterocycles. The van der Waals surface area contributed by atoms with Crippen LogP contribution in [0.1, 0.15) is 47.8 Å². The van der Waals surface area contributed by atoms with Crippen molar-refractivity contribution >= 4 is 23.3 Å². The van der Waals surface area contributed by atoms with Gasteiger partial charge in [0.1, 0.15) is 5.82 Å². The Morgan fingerprint density at radius 1 is 1.22 bits per heavy atom. The molecule has 1 saturated carbocycles. The molecule has 0 spiro atoms. The molecule has 0 atom stereocenters. The van der Waals surface area contributed by atoms with Crippen LogP contribution in [0.15, 0.2) is 30.3 Å². The van der Waals surface area contributed by atoms with Gasteiger partial charge in [-0.05, 0) is 38.0 Å². The number of carbonyl (C=O) groups excluding carboxylic acids is 1. The van der Waals surface area contributed by atoms with Crippen LogP contribution < -0.4 is 5.32 Å². The van der Waals surface area contributed by atoms with Crippen LogP contribution in [0.4, 0.5) is 23.4 Å². The Kier molecular flexibility index (Phi) is 5.98. The monoisotopic (exact) mass is 469 g/mol. The van der Waals surface area contributed by atoms with Crippen LogP contribution in [0.2, 0.25) is 5.02 Å². The van der Waals surface area contributed by atoms with E-state index in [1.54, 1.807) is 19.1 Å². The number of aryl methyl sites for hydroxylation is 2. The summed E-state index contributed by atoms with van der Waals surface area (Å²) in [6.07, 6.45) is -2.96. The number of rotatable bonds is 7. The minimum atomic E-state index is -4.53. The van der Waals surface area contributed by atoms with E-state index in [-0.39, 0.29) is 41.8 Å². The number of halogens is 5. The lowest BCUT2D eigenvalue weighted by Crippen LogP contribution is -2.17. The summed E-state index contributed by atoms with van der Waals surface area (Å²) in [6, 6.07) is 7.08. The van der Waals surface area contributed by atoms with E-state index in [9.17, 15) is 22.4 Å². The van der Waals surface area contributed by atoms with Gasteiger partial charge in [-0.2, -0.15) is 23.4 Å². The highest BCUT2D eigenvalue weighted by molar-refractivity contribution is 6.31. The molecule has 0 bridgehead atoms. The van der Waals surface area contributed by atoms with Crippen molar-refractivity contribution in [2.24, 2.45) is 0 Å². The zero-order valence-corrected chi connectivity index (χ0v) is 17.8. The van der Waals surface area contributed by atoms with Gasteiger partial charge in [0.25, 0.3) is 0 Å². The molecule has 2 heterocycles. The summed E-state index contributed by atoms with van der Waals surface area (Å²) in [5.74, 6) is -0.546. The summed E-state index contributed by atoms with van der Waals surface area (Å²) in [5, 5.41) is 10.8. The molecule has 4 rings (SSSR count). The summed E-state index contributed by atoms with van der Waals surface area (Å²) in [4.78, 5) is 12.4. The Bertz CT molecular complexity index is 1130. The number of nitrogens with zero attached hydrogens (tertiary/aromatic N) is 4. The average molecular weight is 470 g/mol. The summed E-state index contributed by atoms with van der Waals surface area (Å²) in [7, 11) is 0. The van der Waals surface area contributed by atoms with Crippen LogP contribution in [0.25, 0.3) is 0 Å². The fraction of sp³-hybridized carbons (Fsp3) is 0.381. The van der Waals surface area contributed by atoms with Crippen molar-refractivity contribution in [3.05, 3.63) is 63.8 Å². The minimum Gasteiger partial charge on any atom is -0.309 e. The normalized spacial score (nSPS) is 14.1. The van der Waals surface area contributed by atoms with Crippen LogP contribution in [-0.4, -0.2) is 25.5 Å². The van der Waals surface area contributed by atoms with Gasteiger partial charge < -0.3 is 5.32 Å². The molecule has 2 aromatic heterocycles. The lowest BCUT2D eigenvalue weighted by atomic mass is 10.2. The van der Waals surface area contributed by atoms with E-state index >= 15 is 0 Å². The smallest absolute Gasteiger partial charge is 0.309 e. The van der Waals surface area contributed by atoms with Gasteiger partial charge in [0.2, 0.25) is 5.91 Å². The van der Waals surface area contributed by atoms with Gasteiger partial charge in [0.05, 0.1) is 6.54 Å². The maximum atomic E-state index is 14.0. The molecule has 6 nitrogen and oxygen atoms in total. The first-order chi connectivity index (χ1) is 15.1. The van der Waals surface area contributed by atoms with Crippen molar-refractivity contribution in [3.8, 4) is 0 Å². The molecule has 1 aromatic carbocycles. The minimum absolute atomic E-state index is 0.0261. The van der Waals surface area contributed by atoms with Crippen molar-refractivity contribution in [1.29, 1.82) is 0 Å². The molecule has 0 radical (unpaired) electrons. The third kappa shape index (κ3) is 4.95. The molecule has 1 amide bonds. The second-order valence-corrected chi connectivity index (χ2v) is 8.18. The molecule has 1 aliphatic rings. The van der Waals surface area contributed by atoms with Crippen LogP contribution >= 0.6 is 11.6 Å². The summed E-state index contributed by atoms with van der Waals surface area (Å²) >= 11 is 6.06. The topological polar surface area (TPSA) is 64.7 Å². The molecule has 0 unspecified atom stereocenters. The van der Waals surface area contributed by atoms with Gasteiger partial charge in [0.15, 0.2) is 11.5 Å². The maximum absolute atomic E-state index is 14.0. The summed E-state index contributed by atoms with van der Waals surface area (Å²) in [6.45, 7) is 1.87. The predicted octanol–water partition coefficient (Wildman–Crippen LogP) is 5.15. The molecule has 1 fully saturated rings. The number of alkyl halides is 3. The first-order valence-electron chi connectivity index (χ1n) is 10.0. The van der Waals surface area contributed by atoms with Crippen LogP contribution in [0.3, 0.4) is 0 Å². The van der Waals surface area contributed by atoms with E-state index in [1.165, 1.54) is 21.5 Å². The number of carbonyl (C=O) groups is 1. The fourth-order valence-electron chi connectivity index (χ4n) is 3.43. The first kappa shape index (κ1) is 22.3. The zero-order chi connectivity index (χ0) is 23.0. The zero-order valence-electron chi connectivity index (χ0n) is 17.1. The third-order valence-electron chi connectivity index (χ3n) is 5.27. The van der Waals surface area contributed by atoms with Crippen molar-refractivity contribution in [3.63, 3.8) is 0 Å². The van der Waals surface area contributed by atoms with Crippen molar-refractivity contribution < 1.29 is 22.4 Å². The van der Waals surface area contributed by atoms with Gasteiger partial charge in [-0.1, -0.05) is 17.7 Å². The molecule has 170 valence electrons. The summed E-state index contributed by atoms with van der Waals surface area (Å²) < 4.78 is 55.8. The molecule has 1 N–H and O–H groups in total. The van der Waals surface area contributed by atoms with Gasteiger partial charge in [0, 0.05) is 46.9 Å². The van der Waals surface area contributed by atoms with E-state index in [2.05, 4.69) is 15.5 Å². The maximum Gasteiger partial charge on any atom is 0.435 e. The van der Waals surface area contributed by atoms with E-state index in [1.807, 2.05) is 0 Å². The Hall–Kier alpha value is -2.88. The molecule has 32 heavy (non-hydrogen) atoms. The second-order valence-electron chi connectivity index (χ2n) is 7.78. The molecule has 3 aromatic rings. The largest absolute Gasteiger partial charge is 0.435 e. The van der Waals surface area contributed by atoms with Gasteiger partial charge in [-0.15, -0.1) is 0 Å². The van der Waals surface area contributed by atoms with Crippen LogP contribution in [0, 0.1) is 12.7 Å². The number of benzene rings is 1. The van der Waals surface area contributed by atoms with Crippen LogP contribution in [0.5, 0.6) is 0 Å². The number of hydrogen-bond acceptors (Lipinski definition) is 3. The number of anilines is 1. The summed E-state index contributed by atoms with van der Waals surface area (Å²) in [5.41, 5.74) is 0.524. The molecular weight excluding hydrogens is 450 g/mol. The third-order valence-corrected chi connectivity index (χ3v) is 5.62. The molecular formula is C21H20ClF4N5O. The van der Waals surface area contributed by atoms with Crippen molar-refractivity contribution in [2.45, 2.75) is 51.4 Å². The van der Waals surface area contributed by atoms with Crippen LogP contribution in [-0.2, 0) is 24.1 Å². The Labute approximate surface area is 186 Å². The highest BCUT2D eigenvalue weighted by Gasteiger charge is 2.37. The number of nitrogens with one attached hydrogen (secondary N) is 1. The molecule has 11 heteroatoms. The SMILES string of the molecule is Cc1cc(NC(=O)CCn2nc(C(F)(F)F)cc2C2CC2)nn1Cc1c(F)cccc1Cl. The first-order valence-corrected chi connectivity index (χ1v) is 10.4. The van der Waals surface area contributed by atoms with Gasteiger partial charge in [-0.25, -0.2) is 4.39 Å². The molecule has 1 aliphatic carbocycles. The lowest BCUT2D eigenvalue weighted by molar-refractivity contribution is -0.141. The average Bonchev–Trinajstić information content (AvgIpc) is 3.36. The van der Waals surface area contributed by atoms with E-state index < -0.39 is 23.6 Å². The van der Waals surface area contributed by atoms with E-state index in [0.29, 0.717) is 11.4 Å². The standard InChI is InChI=1S/C21H20ClF4N5O/c1-12-9-19(29-31(12)11-14-15(22)3-2-4-16(14)23)27-20(32)7-8-30-17(13-5-6-13)10-18(28-30)21(24,25)26/h2-4,9-10,13H,5-8,11H2,1H3,(H,27,29,32). The predicted molar refractivity (Wildman–Crippen MR) is 110 cm³/mol. The molecule has 0 aliphatic heterocycles. The number of hydrogen-bond donors (Lipinski definition) is 1. The lowest BCUT2D eigenvalue weighted by Gasteiger charge is -2.08. The van der Waals surface area contributed by atoms with Gasteiger partial charge >= 0.3 is 6.18 Å². The van der Waals surface area contributed by atoms with E-state index in [4.69, 9.17) is 11.6 Å². The number of aromatic nitrogens is 4. The Morgan fingerprint density at radius 3 is 2.62 bits per heavy atom. The number of amides is 1. The Morgan fingerprint density at radius 2 is 1.97 bits per heavy atom.